The zero-order chi connectivity index (χ0) is 14.1. The van der Waals surface area contributed by atoms with E-state index in [-0.39, 0.29) is 16.7 Å². The van der Waals surface area contributed by atoms with E-state index in [1.54, 1.807) is 6.07 Å². The molecule has 1 saturated carbocycles. The van der Waals surface area contributed by atoms with Crippen molar-refractivity contribution in [3.8, 4) is 5.75 Å². The van der Waals surface area contributed by atoms with Crippen LogP contribution in [0.5, 0.6) is 5.75 Å². The van der Waals surface area contributed by atoms with Crippen LogP contribution < -0.4 is 4.74 Å². The van der Waals surface area contributed by atoms with Crippen LogP contribution in [0.1, 0.15) is 36.3 Å². The maximum atomic E-state index is 11.2. The Labute approximate surface area is 122 Å². The van der Waals surface area contributed by atoms with E-state index in [2.05, 4.69) is 11.5 Å². The molecule has 0 radical (unpaired) electrons. The third kappa shape index (κ3) is 2.82. The zero-order valence-electron chi connectivity index (χ0n) is 11.4. The summed E-state index contributed by atoms with van der Waals surface area (Å²) in [6, 6.07) is 3.54. The van der Waals surface area contributed by atoms with Crippen molar-refractivity contribution in [2.45, 2.75) is 38.2 Å². The Kier molecular flexibility index (Phi) is 3.70. The molecule has 1 aromatic rings. The van der Waals surface area contributed by atoms with Crippen LogP contribution in [0.4, 0.5) is 5.69 Å². The minimum Gasteiger partial charge on any atom is -0.483 e. The molecule has 106 valence electrons. The molecule has 0 spiro atoms. The van der Waals surface area contributed by atoms with Gasteiger partial charge in [-0.1, -0.05) is 6.08 Å². The molecule has 1 atom stereocenters. The molecule has 0 saturated heterocycles. The summed E-state index contributed by atoms with van der Waals surface area (Å²) in [6.45, 7) is 1.94. The summed E-state index contributed by atoms with van der Waals surface area (Å²) in [6.07, 6.45) is 5.42. The van der Waals surface area contributed by atoms with Crippen molar-refractivity contribution >= 4 is 17.4 Å². The zero-order valence-corrected chi connectivity index (χ0v) is 12.2. The van der Waals surface area contributed by atoms with Gasteiger partial charge in [-0.05, 0) is 54.5 Å². The van der Waals surface area contributed by atoms with Gasteiger partial charge in [-0.3, -0.25) is 10.1 Å². The Morgan fingerprint density at radius 1 is 1.35 bits per heavy atom. The highest BCUT2D eigenvalue weighted by atomic mass is 32.2. The van der Waals surface area contributed by atoms with Gasteiger partial charge in [-0.2, -0.15) is 0 Å². The molecule has 2 aliphatic rings. The number of allylic oxidation sites excluding steroid dienone is 1. The van der Waals surface area contributed by atoms with Crippen LogP contribution in [-0.4, -0.2) is 16.8 Å². The maximum Gasteiger partial charge on any atom is 0.311 e. The lowest BCUT2D eigenvalue weighted by atomic mass is 9.92. The van der Waals surface area contributed by atoms with Crippen LogP contribution in [-0.2, 0) is 0 Å². The quantitative estimate of drug-likeness (QED) is 0.617. The molecule has 1 aliphatic carbocycles. The van der Waals surface area contributed by atoms with Crippen molar-refractivity contribution in [3.63, 3.8) is 0 Å². The van der Waals surface area contributed by atoms with E-state index in [4.69, 9.17) is 4.74 Å². The minimum atomic E-state index is -0.346. The third-order valence-electron chi connectivity index (χ3n) is 3.72. The largest absolute Gasteiger partial charge is 0.483 e. The first kappa shape index (κ1) is 13.5. The van der Waals surface area contributed by atoms with Crippen molar-refractivity contribution in [2.75, 3.05) is 5.75 Å². The van der Waals surface area contributed by atoms with Crippen molar-refractivity contribution in [1.29, 1.82) is 0 Å². The molecule has 1 unspecified atom stereocenters. The first-order valence-corrected chi connectivity index (χ1v) is 7.94. The topological polar surface area (TPSA) is 52.4 Å². The fraction of sp³-hybridized carbons (Fsp3) is 0.467. The van der Waals surface area contributed by atoms with Crippen LogP contribution >= 0.6 is 11.8 Å². The first-order valence-electron chi connectivity index (χ1n) is 6.89. The molecule has 1 aliphatic heterocycles. The number of nitrogens with zero attached hydrogens (tertiary/aromatic N) is 1. The summed E-state index contributed by atoms with van der Waals surface area (Å²) in [5.41, 5.74) is 2.22. The van der Waals surface area contributed by atoms with Gasteiger partial charge in [0.25, 0.3) is 0 Å². The lowest BCUT2D eigenvalue weighted by Crippen LogP contribution is -2.06. The van der Waals surface area contributed by atoms with E-state index < -0.39 is 0 Å². The minimum absolute atomic E-state index is 0.0901. The number of nitro groups is 1. The van der Waals surface area contributed by atoms with Crippen LogP contribution in [0.15, 0.2) is 23.6 Å². The monoisotopic (exact) mass is 291 g/mol. The Morgan fingerprint density at radius 3 is 2.75 bits per heavy atom. The highest BCUT2D eigenvalue weighted by molar-refractivity contribution is 8.02. The summed E-state index contributed by atoms with van der Waals surface area (Å²) in [4.78, 5) is 10.8. The van der Waals surface area contributed by atoms with E-state index in [0.29, 0.717) is 11.7 Å². The lowest BCUT2D eigenvalue weighted by Gasteiger charge is -2.19. The van der Waals surface area contributed by atoms with Crippen molar-refractivity contribution in [3.05, 3.63) is 44.9 Å². The highest BCUT2D eigenvalue weighted by Gasteiger charge is 2.29. The number of benzene rings is 1. The van der Waals surface area contributed by atoms with Gasteiger partial charge in [-0.15, -0.1) is 11.8 Å². The van der Waals surface area contributed by atoms with Gasteiger partial charge in [0.1, 0.15) is 0 Å². The van der Waals surface area contributed by atoms with Crippen molar-refractivity contribution in [2.24, 2.45) is 0 Å². The van der Waals surface area contributed by atoms with E-state index in [0.717, 1.165) is 36.1 Å². The fourth-order valence-electron chi connectivity index (χ4n) is 2.46. The normalized spacial score (nSPS) is 21.8. The molecule has 3 rings (SSSR count). The summed E-state index contributed by atoms with van der Waals surface area (Å²) >= 11 is 1.81. The summed E-state index contributed by atoms with van der Waals surface area (Å²) in [7, 11) is 0. The van der Waals surface area contributed by atoms with Crippen molar-refractivity contribution in [1.82, 2.24) is 0 Å². The van der Waals surface area contributed by atoms with E-state index >= 15 is 0 Å². The summed E-state index contributed by atoms with van der Waals surface area (Å²) in [5, 5.41) is 13.3. The summed E-state index contributed by atoms with van der Waals surface area (Å²) in [5.74, 6) is 1.87. The van der Waals surface area contributed by atoms with Gasteiger partial charge in [0.2, 0.25) is 0 Å². The number of thioether (sulfide) groups is 1. The Bertz CT molecular complexity index is 566. The average Bonchev–Trinajstić information content (AvgIpc) is 3.25. The van der Waals surface area contributed by atoms with Crippen LogP contribution in [0.2, 0.25) is 0 Å². The second-order valence-corrected chi connectivity index (χ2v) is 6.36. The molecule has 0 amide bonds. The Hall–Kier alpha value is -1.49. The summed E-state index contributed by atoms with van der Waals surface area (Å²) < 4.78 is 5.73. The van der Waals surface area contributed by atoms with Gasteiger partial charge in [0.05, 0.1) is 11.0 Å². The molecule has 1 fully saturated rings. The van der Waals surface area contributed by atoms with Crippen LogP contribution in [0.25, 0.3) is 0 Å². The molecule has 1 aromatic carbocycles. The van der Waals surface area contributed by atoms with Crippen molar-refractivity contribution < 1.29 is 9.66 Å². The first-order chi connectivity index (χ1) is 9.65. The number of hydrogen-bond donors (Lipinski definition) is 0. The van der Waals surface area contributed by atoms with Gasteiger partial charge >= 0.3 is 5.69 Å². The number of aryl methyl sites for hydroxylation is 1. The second kappa shape index (κ2) is 5.48. The predicted molar refractivity (Wildman–Crippen MR) is 80.4 cm³/mol. The molecule has 1 heterocycles. The average molecular weight is 291 g/mol. The molecule has 20 heavy (non-hydrogen) atoms. The fourth-order valence-corrected chi connectivity index (χ4v) is 3.29. The second-order valence-electron chi connectivity index (χ2n) is 5.35. The Morgan fingerprint density at radius 2 is 2.15 bits per heavy atom. The molecule has 5 heteroatoms. The van der Waals surface area contributed by atoms with Gasteiger partial charge in [-0.25, -0.2) is 0 Å². The number of nitro benzene ring substituents is 1. The molecular weight excluding hydrogens is 274 g/mol. The van der Waals surface area contributed by atoms with Gasteiger partial charge in [0.15, 0.2) is 5.75 Å². The highest BCUT2D eigenvalue weighted by Crippen LogP contribution is 2.39. The van der Waals surface area contributed by atoms with E-state index in [1.807, 2.05) is 24.8 Å². The standard InChI is InChI=1S/C15H17NO3S/c1-10-8-14(16(17)18)15(19-12-2-3-12)9-13(10)11-4-6-20-7-5-11/h4,6,8-9,11-12H,2-3,5,7H2,1H3. The SMILES string of the molecule is Cc1cc([N+](=O)[O-])c(OC2CC2)cc1C1C=CSCC1. The third-order valence-corrected chi connectivity index (χ3v) is 4.54. The lowest BCUT2D eigenvalue weighted by molar-refractivity contribution is -0.386. The van der Waals surface area contributed by atoms with Gasteiger partial charge in [0, 0.05) is 12.0 Å². The molecule has 4 nitrogen and oxygen atoms in total. The van der Waals surface area contributed by atoms with Crippen LogP contribution in [0, 0.1) is 17.0 Å². The van der Waals surface area contributed by atoms with Crippen LogP contribution in [0.3, 0.4) is 0 Å². The molecular formula is C15H17NO3S. The number of ether oxygens (including phenoxy) is 1. The van der Waals surface area contributed by atoms with E-state index in [9.17, 15) is 10.1 Å². The number of hydrogen-bond acceptors (Lipinski definition) is 4. The molecule has 0 bridgehead atoms. The maximum absolute atomic E-state index is 11.2. The Balaban J connectivity index is 1.98. The number of rotatable bonds is 4. The molecule has 0 N–H and O–H groups in total. The smallest absolute Gasteiger partial charge is 0.311 e. The van der Waals surface area contributed by atoms with Gasteiger partial charge < -0.3 is 4.74 Å². The van der Waals surface area contributed by atoms with E-state index in [1.165, 1.54) is 0 Å². The predicted octanol–water partition coefficient (Wildman–Crippen LogP) is 4.18. The molecule has 0 aromatic heterocycles.